The largest absolute Gasteiger partial charge is 0.459 e. The number of rotatable bonds is 1. The molecule has 1 rings (SSSR count). The van der Waals surface area contributed by atoms with E-state index < -0.39 is 5.97 Å². The minimum Gasteiger partial charge on any atom is -0.459 e. The predicted octanol–water partition coefficient (Wildman–Crippen LogP) is -0.590. The maximum absolute atomic E-state index is 10.7. The Balaban J connectivity index is 2.24. The quantitative estimate of drug-likeness (QED) is 0.319. The number of carbonyl (C=O) groups is 1. The Kier molecular flexibility index (Phi) is 4.44. The minimum atomic E-state index is -0.459. The fourth-order valence-electron chi connectivity index (χ4n) is 1.28. The molecule has 0 radical (unpaired) electrons. The first-order valence-electron chi connectivity index (χ1n) is 4.70. The first-order valence-corrected chi connectivity index (χ1v) is 4.70. The van der Waals surface area contributed by atoms with Gasteiger partial charge in [-0.3, -0.25) is 4.90 Å². The highest BCUT2D eigenvalue weighted by atomic mass is 16.5. The van der Waals surface area contributed by atoms with Crippen molar-refractivity contribution in [1.82, 2.24) is 9.80 Å². The summed E-state index contributed by atoms with van der Waals surface area (Å²) in [6, 6.07) is 0. The molecule has 78 valence electrons. The highest BCUT2D eigenvalue weighted by Crippen LogP contribution is 1.97. The van der Waals surface area contributed by atoms with Crippen LogP contribution < -0.4 is 0 Å². The number of likely N-dealkylation sites (N-methyl/N-ethyl adjacent to an activating group) is 1. The maximum Gasteiger partial charge on any atom is 0.384 e. The average Bonchev–Trinajstić information content (AvgIpc) is 2.21. The summed E-state index contributed by atoms with van der Waals surface area (Å²) < 4.78 is 4.42. The van der Waals surface area contributed by atoms with Crippen LogP contribution in [-0.2, 0) is 9.53 Å². The third kappa shape index (κ3) is 3.77. The fourth-order valence-corrected chi connectivity index (χ4v) is 1.28. The summed E-state index contributed by atoms with van der Waals surface area (Å²) >= 11 is 0. The van der Waals surface area contributed by atoms with E-state index in [1.54, 1.807) is 0 Å². The topological polar surface area (TPSA) is 32.8 Å². The van der Waals surface area contributed by atoms with E-state index in [-0.39, 0.29) is 0 Å². The second-order valence-electron chi connectivity index (χ2n) is 3.37. The molecule has 1 heterocycles. The number of carbonyl (C=O) groups excluding carboxylic acids is 1. The number of nitrogens with zero attached hydrogens (tertiary/aromatic N) is 2. The van der Waals surface area contributed by atoms with Crippen molar-refractivity contribution in [2.75, 3.05) is 46.9 Å². The van der Waals surface area contributed by atoms with E-state index >= 15 is 0 Å². The Bertz CT molecular complexity index is 247. The van der Waals surface area contributed by atoms with Gasteiger partial charge in [0.2, 0.25) is 0 Å². The molecule has 0 N–H and O–H groups in total. The van der Waals surface area contributed by atoms with Crippen molar-refractivity contribution in [1.29, 1.82) is 0 Å². The van der Waals surface area contributed by atoms with Crippen LogP contribution in [0.3, 0.4) is 0 Å². The molecule has 4 heteroatoms. The molecule has 0 aromatic heterocycles. The van der Waals surface area contributed by atoms with Gasteiger partial charge < -0.3 is 9.64 Å². The molecular weight excluding hydrogens is 180 g/mol. The highest BCUT2D eigenvalue weighted by Gasteiger charge is 2.11. The fraction of sp³-hybridized carbons (Fsp3) is 0.700. The van der Waals surface area contributed by atoms with Gasteiger partial charge in [0, 0.05) is 32.1 Å². The van der Waals surface area contributed by atoms with Gasteiger partial charge >= 0.3 is 5.97 Å². The standard InChI is InChI=1S/C10H16N2O2/c1-11-6-8-12(9-7-11)5-3-4-10(13)14-2/h5-9H2,1-2H3. The number of ether oxygens (including phenoxy) is 1. The van der Waals surface area contributed by atoms with Gasteiger partial charge in [0.25, 0.3) is 0 Å². The zero-order chi connectivity index (χ0) is 10.4. The molecule has 0 aliphatic carbocycles. The van der Waals surface area contributed by atoms with Gasteiger partial charge in [0.15, 0.2) is 0 Å². The number of methoxy groups -OCH3 is 1. The van der Waals surface area contributed by atoms with Crippen molar-refractivity contribution in [3.05, 3.63) is 0 Å². The SMILES string of the molecule is COC(=O)C#CCN1CCN(C)CC1. The van der Waals surface area contributed by atoms with E-state index in [1.165, 1.54) is 7.11 Å². The molecule has 0 amide bonds. The monoisotopic (exact) mass is 196 g/mol. The molecule has 0 unspecified atom stereocenters. The van der Waals surface area contributed by atoms with Crippen LogP contribution in [-0.4, -0.2) is 62.7 Å². The molecule has 1 fully saturated rings. The van der Waals surface area contributed by atoms with Gasteiger partial charge in [-0.1, -0.05) is 5.92 Å². The minimum absolute atomic E-state index is 0.459. The van der Waals surface area contributed by atoms with E-state index in [0.29, 0.717) is 6.54 Å². The summed E-state index contributed by atoms with van der Waals surface area (Å²) in [5, 5.41) is 0. The Morgan fingerprint density at radius 2 is 2.00 bits per heavy atom. The van der Waals surface area contributed by atoms with Crippen LogP contribution in [0.5, 0.6) is 0 Å². The molecule has 0 aromatic rings. The van der Waals surface area contributed by atoms with Crippen molar-refractivity contribution < 1.29 is 9.53 Å². The number of esters is 1. The highest BCUT2D eigenvalue weighted by molar-refractivity contribution is 5.88. The van der Waals surface area contributed by atoms with E-state index in [2.05, 4.69) is 33.4 Å². The normalized spacial score (nSPS) is 18.4. The second-order valence-corrected chi connectivity index (χ2v) is 3.37. The Morgan fingerprint density at radius 1 is 1.36 bits per heavy atom. The number of hydrogen-bond donors (Lipinski definition) is 0. The number of hydrogen-bond acceptors (Lipinski definition) is 4. The molecule has 14 heavy (non-hydrogen) atoms. The average molecular weight is 196 g/mol. The number of piperazine rings is 1. The van der Waals surface area contributed by atoms with E-state index in [4.69, 9.17) is 0 Å². The predicted molar refractivity (Wildman–Crippen MR) is 53.7 cm³/mol. The van der Waals surface area contributed by atoms with Crippen LogP contribution in [0.15, 0.2) is 0 Å². The van der Waals surface area contributed by atoms with Crippen molar-refractivity contribution in [2.24, 2.45) is 0 Å². The van der Waals surface area contributed by atoms with Crippen molar-refractivity contribution in [3.8, 4) is 11.8 Å². The summed E-state index contributed by atoms with van der Waals surface area (Å²) in [5.74, 6) is 4.77. The summed E-state index contributed by atoms with van der Waals surface area (Å²) in [7, 11) is 3.45. The molecule has 0 spiro atoms. The third-order valence-electron chi connectivity index (χ3n) is 2.27. The van der Waals surface area contributed by atoms with Crippen LogP contribution >= 0.6 is 0 Å². The van der Waals surface area contributed by atoms with Gasteiger partial charge in [0.05, 0.1) is 13.7 Å². The van der Waals surface area contributed by atoms with Crippen molar-refractivity contribution in [2.45, 2.75) is 0 Å². The first kappa shape index (κ1) is 11.0. The van der Waals surface area contributed by atoms with E-state index in [0.717, 1.165) is 26.2 Å². The van der Waals surface area contributed by atoms with E-state index in [1.807, 2.05) is 0 Å². The van der Waals surface area contributed by atoms with Gasteiger partial charge in [-0.2, -0.15) is 0 Å². The first-order chi connectivity index (χ1) is 6.72. The van der Waals surface area contributed by atoms with Crippen LogP contribution in [0.2, 0.25) is 0 Å². The third-order valence-corrected chi connectivity index (χ3v) is 2.27. The molecule has 1 saturated heterocycles. The molecule has 1 aliphatic rings. The Labute approximate surface area is 84.8 Å². The summed E-state index contributed by atoms with van der Waals surface area (Å²) in [5.41, 5.74) is 0. The summed E-state index contributed by atoms with van der Waals surface area (Å²) in [4.78, 5) is 15.2. The lowest BCUT2D eigenvalue weighted by molar-refractivity contribution is -0.133. The van der Waals surface area contributed by atoms with Gasteiger partial charge in [-0.05, 0) is 7.05 Å². The van der Waals surface area contributed by atoms with Crippen LogP contribution in [0.25, 0.3) is 0 Å². The van der Waals surface area contributed by atoms with Crippen LogP contribution in [0, 0.1) is 11.8 Å². The van der Waals surface area contributed by atoms with Gasteiger partial charge in [-0.25, -0.2) is 4.79 Å². The lowest BCUT2D eigenvalue weighted by atomic mass is 10.3. The van der Waals surface area contributed by atoms with Gasteiger partial charge in [0.1, 0.15) is 0 Å². The van der Waals surface area contributed by atoms with E-state index in [9.17, 15) is 4.79 Å². The van der Waals surface area contributed by atoms with Crippen LogP contribution in [0.4, 0.5) is 0 Å². The molecule has 0 bridgehead atoms. The lowest BCUT2D eigenvalue weighted by Crippen LogP contribution is -2.44. The zero-order valence-electron chi connectivity index (χ0n) is 8.75. The van der Waals surface area contributed by atoms with Gasteiger partial charge in [-0.15, -0.1) is 0 Å². The molecule has 1 aliphatic heterocycles. The lowest BCUT2D eigenvalue weighted by Gasteiger charge is -2.30. The molecule has 0 saturated carbocycles. The summed E-state index contributed by atoms with van der Waals surface area (Å²) in [6.07, 6.45) is 0. The molecule has 4 nitrogen and oxygen atoms in total. The van der Waals surface area contributed by atoms with Crippen molar-refractivity contribution >= 4 is 5.97 Å². The molecule has 0 aromatic carbocycles. The maximum atomic E-state index is 10.7. The van der Waals surface area contributed by atoms with Crippen molar-refractivity contribution in [3.63, 3.8) is 0 Å². The van der Waals surface area contributed by atoms with Crippen LogP contribution in [0.1, 0.15) is 0 Å². The summed E-state index contributed by atoms with van der Waals surface area (Å²) in [6.45, 7) is 4.83. The molecule has 0 atom stereocenters. The second kappa shape index (κ2) is 5.63. The zero-order valence-corrected chi connectivity index (χ0v) is 8.75. The molecular formula is C10H16N2O2. The Morgan fingerprint density at radius 3 is 2.57 bits per heavy atom. The smallest absolute Gasteiger partial charge is 0.384 e. The Hall–Kier alpha value is -1.05.